The topological polar surface area (TPSA) is 37.3 Å². The van der Waals surface area contributed by atoms with Crippen LogP contribution in [0, 0.1) is 5.82 Å². The van der Waals surface area contributed by atoms with Gasteiger partial charge in [0.2, 0.25) is 0 Å². The summed E-state index contributed by atoms with van der Waals surface area (Å²) in [5.41, 5.74) is 2.70. The maximum Gasteiger partial charge on any atom is 0.187 e. The summed E-state index contributed by atoms with van der Waals surface area (Å²) < 4.78 is 13.5. The van der Waals surface area contributed by atoms with Gasteiger partial charge in [-0.05, 0) is 63.0 Å². The van der Waals surface area contributed by atoms with Crippen molar-refractivity contribution >= 4 is 27.3 Å². The van der Waals surface area contributed by atoms with Crippen LogP contribution in [0.25, 0.3) is 5.57 Å². The van der Waals surface area contributed by atoms with E-state index in [4.69, 9.17) is 0 Å². The number of carbonyl (C=O) groups is 1. The number of hydrogen-bond acceptors (Lipinski definition) is 2. The van der Waals surface area contributed by atoms with Gasteiger partial charge in [0, 0.05) is 5.56 Å². The summed E-state index contributed by atoms with van der Waals surface area (Å²) in [6.07, 6.45) is 1.50. The zero-order valence-electron chi connectivity index (χ0n) is 9.65. The third-order valence-corrected chi connectivity index (χ3v) is 3.71. The molecule has 0 spiro atoms. The molecule has 19 heavy (non-hydrogen) atoms. The largest absolute Gasteiger partial charge is 0.507 e. The number of hydrogen-bond donors (Lipinski definition) is 1. The number of carbonyl (C=O) groups excluding carboxylic acids is 1. The average Bonchev–Trinajstić information content (AvgIpc) is 2.69. The molecular weight excluding hydrogens is 311 g/mol. The Morgan fingerprint density at radius 2 is 1.74 bits per heavy atom. The first-order valence-electron chi connectivity index (χ1n) is 5.61. The summed E-state index contributed by atoms with van der Waals surface area (Å²) in [4.78, 5) is 11.9. The van der Waals surface area contributed by atoms with Crippen LogP contribution in [0.3, 0.4) is 0 Å². The molecule has 1 aliphatic carbocycles. The van der Waals surface area contributed by atoms with E-state index in [-0.39, 0.29) is 17.3 Å². The normalized spacial score (nSPS) is 13.4. The van der Waals surface area contributed by atoms with Gasteiger partial charge in [0.1, 0.15) is 11.6 Å². The number of rotatable bonds is 1. The molecule has 0 saturated heterocycles. The number of ketones is 1. The molecule has 2 aromatic rings. The summed E-state index contributed by atoms with van der Waals surface area (Å²) in [5.74, 6) is -0.446. The van der Waals surface area contributed by atoms with Gasteiger partial charge in [-0.2, -0.15) is 0 Å². The van der Waals surface area contributed by atoms with Crippen LogP contribution in [0.4, 0.5) is 4.39 Å². The summed E-state index contributed by atoms with van der Waals surface area (Å²) in [6, 6.07) is 9.11. The molecule has 0 bridgehead atoms. The molecule has 3 rings (SSSR count). The molecule has 0 unspecified atom stereocenters. The van der Waals surface area contributed by atoms with Crippen LogP contribution in [0.1, 0.15) is 21.5 Å². The van der Waals surface area contributed by atoms with Crippen molar-refractivity contribution in [3.8, 4) is 5.75 Å². The lowest BCUT2D eigenvalue weighted by Crippen LogP contribution is -1.92. The van der Waals surface area contributed by atoms with Gasteiger partial charge in [0.15, 0.2) is 5.78 Å². The third-order valence-electron chi connectivity index (χ3n) is 3.07. The minimum atomic E-state index is -0.319. The van der Waals surface area contributed by atoms with Gasteiger partial charge >= 0.3 is 0 Å². The van der Waals surface area contributed by atoms with E-state index in [0.717, 1.165) is 16.7 Å². The highest BCUT2D eigenvalue weighted by Gasteiger charge is 2.23. The van der Waals surface area contributed by atoms with Crippen LogP contribution < -0.4 is 0 Å². The molecule has 0 atom stereocenters. The van der Waals surface area contributed by atoms with Crippen LogP contribution in [0.5, 0.6) is 5.75 Å². The summed E-state index contributed by atoms with van der Waals surface area (Å²) in [6.45, 7) is 0. The van der Waals surface area contributed by atoms with E-state index in [9.17, 15) is 14.3 Å². The molecule has 0 amide bonds. The Bertz CT molecular complexity index is 718. The molecule has 0 aliphatic heterocycles. The van der Waals surface area contributed by atoms with E-state index in [1.54, 1.807) is 18.2 Å². The predicted molar refractivity (Wildman–Crippen MR) is 73.6 cm³/mol. The lowest BCUT2D eigenvalue weighted by molar-refractivity contribution is 0.104. The Labute approximate surface area is 117 Å². The van der Waals surface area contributed by atoms with E-state index in [1.165, 1.54) is 24.3 Å². The summed E-state index contributed by atoms with van der Waals surface area (Å²) in [7, 11) is 0. The lowest BCUT2D eigenvalue weighted by Gasteiger charge is -2.07. The Kier molecular flexibility index (Phi) is 2.75. The van der Waals surface area contributed by atoms with Crippen molar-refractivity contribution in [3.63, 3.8) is 0 Å². The number of benzene rings is 2. The smallest absolute Gasteiger partial charge is 0.187 e. The fraction of sp³-hybridized carbons (Fsp3) is 0. The molecular formula is C15H8BrFO2. The Morgan fingerprint density at radius 3 is 2.42 bits per heavy atom. The fourth-order valence-corrected chi connectivity index (χ4v) is 2.49. The number of halogens is 2. The Hall–Kier alpha value is -1.94. The molecule has 0 saturated carbocycles. The first kappa shape index (κ1) is 12.1. The number of phenolic OH excluding ortho intramolecular Hbond substituents is 1. The molecule has 2 nitrogen and oxygen atoms in total. The Morgan fingerprint density at radius 1 is 1.05 bits per heavy atom. The Balaban J connectivity index is 2.17. The van der Waals surface area contributed by atoms with E-state index >= 15 is 0 Å². The van der Waals surface area contributed by atoms with Crippen LogP contribution >= 0.6 is 15.9 Å². The average molecular weight is 319 g/mol. The minimum Gasteiger partial charge on any atom is -0.507 e. The van der Waals surface area contributed by atoms with Crippen molar-refractivity contribution in [1.29, 1.82) is 0 Å². The summed E-state index contributed by atoms with van der Waals surface area (Å²) >= 11 is 3.23. The van der Waals surface area contributed by atoms with Gasteiger partial charge in [0.05, 0.1) is 4.47 Å². The lowest BCUT2D eigenvalue weighted by atomic mass is 9.99. The molecule has 0 heterocycles. The monoisotopic (exact) mass is 318 g/mol. The molecule has 0 radical (unpaired) electrons. The molecule has 4 heteroatoms. The second kappa shape index (κ2) is 4.31. The zero-order chi connectivity index (χ0) is 13.6. The number of phenols is 1. The van der Waals surface area contributed by atoms with Gasteiger partial charge in [0.25, 0.3) is 0 Å². The van der Waals surface area contributed by atoms with Gasteiger partial charge in [-0.25, -0.2) is 4.39 Å². The number of allylic oxidation sites excluding steroid dienone is 1. The van der Waals surface area contributed by atoms with E-state index in [2.05, 4.69) is 15.9 Å². The van der Waals surface area contributed by atoms with Crippen molar-refractivity contribution in [3.05, 3.63) is 69.5 Å². The van der Waals surface area contributed by atoms with Crippen molar-refractivity contribution in [2.45, 2.75) is 0 Å². The highest BCUT2D eigenvalue weighted by atomic mass is 79.9. The zero-order valence-corrected chi connectivity index (χ0v) is 11.2. The highest BCUT2D eigenvalue weighted by molar-refractivity contribution is 9.10. The molecule has 1 N–H and O–H groups in total. The van der Waals surface area contributed by atoms with Crippen LogP contribution in [0.15, 0.2) is 46.9 Å². The maximum absolute atomic E-state index is 12.9. The molecule has 1 aliphatic rings. The van der Waals surface area contributed by atoms with E-state index in [1.807, 2.05) is 0 Å². The standard InChI is InChI=1S/C15H8BrFO2/c16-13-5-11-10(8-1-3-9(17)4-2-8)6-14(18)12(11)7-15(13)19/h1-7,19H. The second-order valence-corrected chi connectivity index (χ2v) is 5.13. The third kappa shape index (κ3) is 1.98. The van der Waals surface area contributed by atoms with Gasteiger partial charge in [-0.15, -0.1) is 0 Å². The highest BCUT2D eigenvalue weighted by Crippen LogP contribution is 2.38. The number of fused-ring (bicyclic) bond motifs is 1. The molecule has 94 valence electrons. The minimum absolute atomic E-state index is 0.0286. The first-order valence-corrected chi connectivity index (χ1v) is 6.40. The van der Waals surface area contributed by atoms with Crippen LogP contribution in [-0.4, -0.2) is 10.9 Å². The van der Waals surface area contributed by atoms with Crippen molar-refractivity contribution in [2.24, 2.45) is 0 Å². The van der Waals surface area contributed by atoms with Crippen molar-refractivity contribution < 1.29 is 14.3 Å². The predicted octanol–water partition coefficient (Wildman–Crippen LogP) is 3.92. The van der Waals surface area contributed by atoms with Crippen LogP contribution in [-0.2, 0) is 0 Å². The molecule has 2 aromatic carbocycles. The van der Waals surface area contributed by atoms with Gasteiger partial charge < -0.3 is 5.11 Å². The van der Waals surface area contributed by atoms with Crippen molar-refractivity contribution in [2.75, 3.05) is 0 Å². The SMILES string of the molecule is O=C1C=C(c2ccc(F)cc2)c2cc(Br)c(O)cc21. The fourth-order valence-electron chi connectivity index (χ4n) is 2.14. The maximum atomic E-state index is 12.9. The first-order chi connectivity index (χ1) is 9.06. The van der Waals surface area contributed by atoms with Crippen LogP contribution in [0.2, 0.25) is 0 Å². The summed E-state index contributed by atoms with van der Waals surface area (Å²) in [5, 5.41) is 9.62. The van der Waals surface area contributed by atoms with Gasteiger partial charge in [-0.1, -0.05) is 12.1 Å². The quantitative estimate of drug-likeness (QED) is 0.865. The molecule has 0 aromatic heterocycles. The second-order valence-electron chi connectivity index (χ2n) is 4.28. The van der Waals surface area contributed by atoms with Gasteiger partial charge in [-0.3, -0.25) is 4.79 Å². The molecule has 0 fully saturated rings. The van der Waals surface area contributed by atoms with Crippen molar-refractivity contribution in [1.82, 2.24) is 0 Å². The van der Waals surface area contributed by atoms with E-state index in [0.29, 0.717) is 10.0 Å². The number of aromatic hydroxyl groups is 1. The van der Waals surface area contributed by atoms with E-state index < -0.39 is 0 Å².